The van der Waals surface area contributed by atoms with Crippen LogP contribution in [0, 0.1) is 5.21 Å². The van der Waals surface area contributed by atoms with Gasteiger partial charge in [0.2, 0.25) is 5.52 Å². The molecule has 5 nitrogen and oxygen atoms in total. The standard InChI is InChI=1S/C16H14N2O3/c19-15-16(20)18(21)14-9-5-4-8-13(14)17(15)11-10-12-6-2-1-3-7-12/h1-9,20H,10-11H2. The Hall–Kier alpha value is -2.82. The van der Waals surface area contributed by atoms with Crippen molar-refractivity contribution < 1.29 is 9.84 Å². The maximum absolute atomic E-state index is 12.1. The lowest BCUT2D eigenvalue weighted by molar-refractivity contribution is -0.587. The van der Waals surface area contributed by atoms with Crippen molar-refractivity contribution in [2.45, 2.75) is 13.0 Å². The van der Waals surface area contributed by atoms with Crippen LogP contribution in [0.2, 0.25) is 0 Å². The lowest BCUT2D eigenvalue weighted by Crippen LogP contribution is -2.37. The maximum atomic E-state index is 12.1. The van der Waals surface area contributed by atoms with Gasteiger partial charge in [0.1, 0.15) is 5.52 Å². The van der Waals surface area contributed by atoms with Crippen LogP contribution >= 0.6 is 0 Å². The van der Waals surface area contributed by atoms with Crippen molar-refractivity contribution in [2.75, 3.05) is 0 Å². The monoisotopic (exact) mass is 282 g/mol. The number of nitrogens with zero attached hydrogens (tertiary/aromatic N) is 2. The van der Waals surface area contributed by atoms with E-state index in [0.29, 0.717) is 18.5 Å². The molecule has 0 saturated carbocycles. The van der Waals surface area contributed by atoms with Crippen molar-refractivity contribution in [3.63, 3.8) is 0 Å². The Morgan fingerprint density at radius 3 is 2.48 bits per heavy atom. The van der Waals surface area contributed by atoms with E-state index in [-0.39, 0.29) is 10.2 Å². The summed E-state index contributed by atoms with van der Waals surface area (Å²) in [4.78, 5) is 12.1. The molecule has 21 heavy (non-hydrogen) atoms. The Balaban J connectivity index is 2.08. The molecule has 0 unspecified atom stereocenters. The molecule has 106 valence electrons. The molecule has 0 aliphatic carbocycles. The Bertz CT molecular complexity index is 841. The summed E-state index contributed by atoms with van der Waals surface area (Å²) in [5, 5.41) is 21.5. The van der Waals surface area contributed by atoms with Crippen LogP contribution in [0.1, 0.15) is 5.56 Å². The van der Waals surface area contributed by atoms with Crippen LogP contribution < -0.4 is 10.3 Å². The van der Waals surface area contributed by atoms with Crippen LogP contribution in [0.15, 0.2) is 59.4 Å². The van der Waals surface area contributed by atoms with Gasteiger partial charge in [-0.1, -0.05) is 42.5 Å². The largest absolute Gasteiger partial charge is 0.615 e. The maximum Gasteiger partial charge on any atom is 0.445 e. The number of hydrogen-bond donors (Lipinski definition) is 1. The van der Waals surface area contributed by atoms with Gasteiger partial charge in [0.15, 0.2) is 0 Å². The Morgan fingerprint density at radius 1 is 1.05 bits per heavy atom. The summed E-state index contributed by atoms with van der Waals surface area (Å²) in [7, 11) is 0. The van der Waals surface area contributed by atoms with Crippen molar-refractivity contribution in [2.24, 2.45) is 0 Å². The molecule has 0 amide bonds. The number of aromatic hydroxyl groups is 1. The fourth-order valence-electron chi connectivity index (χ4n) is 2.40. The van der Waals surface area contributed by atoms with Crippen LogP contribution in [-0.4, -0.2) is 9.67 Å². The molecule has 0 atom stereocenters. The summed E-state index contributed by atoms with van der Waals surface area (Å²) < 4.78 is 1.71. The summed E-state index contributed by atoms with van der Waals surface area (Å²) in [6.07, 6.45) is 0.646. The number of rotatable bonds is 3. The van der Waals surface area contributed by atoms with Gasteiger partial charge in [-0.3, -0.25) is 9.36 Å². The van der Waals surface area contributed by atoms with E-state index in [1.807, 2.05) is 30.3 Å². The first-order valence-corrected chi connectivity index (χ1v) is 6.66. The van der Waals surface area contributed by atoms with Crippen molar-refractivity contribution in [1.82, 2.24) is 4.57 Å². The second kappa shape index (κ2) is 5.28. The minimum atomic E-state index is -0.790. The van der Waals surface area contributed by atoms with E-state index < -0.39 is 11.4 Å². The molecule has 1 N–H and O–H groups in total. The van der Waals surface area contributed by atoms with E-state index in [0.717, 1.165) is 5.56 Å². The first kappa shape index (κ1) is 13.2. The topological polar surface area (TPSA) is 69.2 Å². The summed E-state index contributed by atoms with van der Waals surface area (Å²) in [6, 6.07) is 16.5. The van der Waals surface area contributed by atoms with Crippen molar-refractivity contribution in [3.05, 3.63) is 75.7 Å². The number of aryl methyl sites for hydroxylation is 2. The molecule has 0 aliphatic rings. The van der Waals surface area contributed by atoms with Gasteiger partial charge in [-0.15, -0.1) is 4.73 Å². The number of hydrogen-bond acceptors (Lipinski definition) is 3. The Kier molecular flexibility index (Phi) is 3.31. The lowest BCUT2D eigenvalue weighted by Gasteiger charge is -2.10. The molecule has 3 aromatic rings. The summed E-state index contributed by atoms with van der Waals surface area (Å²) in [6.45, 7) is 0.401. The van der Waals surface area contributed by atoms with Crippen LogP contribution in [0.25, 0.3) is 11.0 Å². The zero-order chi connectivity index (χ0) is 14.8. The molecule has 3 rings (SSSR count). The molecule has 0 spiro atoms. The highest BCUT2D eigenvalue weighted by Gasteiger charge is 2.19. The summed E-state index contributed by atoms with van der Waals surface area (Å²) in [5.74, 6) is -0.790. The zero-order valence-electron chi connectivity index (χ0n) is 11.3. The first-order valence-electron chi connectivity index (χ1n) is 6.66. The fourth-order valence-corrected chi connectivity index (χ4v) is 2.40. The molecule has 0 saturated heterocycles. The third-order valence-electron chi connectivity index (χ3n) is 3.49. The SMILES string of the molecule is O=c1c(O)[n+]([O-])c2ccccc2n1CCc1ccccc1. The quantitative estimate of drug-likeness (QED) is 0.586. The fraction of sp³-hybridized carbons (Fsp3) is 0.125. The second-order valence-corrected chi connectivity index (χ2v) is 4.80. The predicted molar refractivity (Wildman–Crippen MR) is 79.0 cm³/mol. The van der Waals surface area contributed by atoms with Crippen molar-refractivity contribution in [3.8, 4) is 5.88 Å². The molecule has 1 aromatic heterocycles. The number of para-hydroxylation sites is 2. The van der Waals surface area contributed by atoms with E-state index in [1.54, 1.807) is 24.3 Å². The van der Waals surface area contributed by atoms with Crippen molar-refractivity contribution >= 4 is 11.0 Å². The smallest absolute Gasteiger partial charge is 0.445 e. The molecular formula is C16H14N2O3. The minimum absolute atomic E-state index is 0.274. The second-order valence-electron chi connectivity index (χ2n) is 4.80. The number of fused-ring (bicyclic) bond motifs is 1. The van der Waals surface area contributed by atoms with Gasteiger partial charge in [0, 0.05) is 12.6 Å². The third-order valence-corrected chi connectivity index (χ3v) is 3.49. The van der Waals surface area contributed by atoms with Gasteiger partial charge >= 0.3 is 11.4 Å². The van der Waals surface area contributed by atoms with Crippen LogP contribution in [0.4, 0.5) is 0 Å². The average Bonchev–Trinajstić information content (AvgIpc) is 2.54. The molecule has 1 heterocycles. The number of aromatic nitrogens is 2. The molecule has 0 bridgehead atoms. The normalized spacial score (nSPS) is 10.9. The van der Waals surface area contributed by atoms with Crippen LogP contribution in [0.3, 0.4) is 0 Å². The molecule has 0 aliphatic heterocycles. The van der Waals surface area contributed by atoms with E-state index in [1.165, 1.54) is 4.57 Å². The van der Waals surface area contributed by atoms with Gasteiger partial charge in [0.25, 0.3) is 0 Å². The minimum Gasteiger partial charge on any atom is -0.615 e. The highest BCUT2D eigenvalue weighted by Crippen LogP contribution is 2.11. The number of benzene rings is 2. The molecule has 0 fully saturated rings. The van der Waals surface area contributed by atoms with Gasteiger partial charge in [-0.05, 0) is 18.1 Å². The van der Waals surface area contributed by atoms with Gasteiger partial charge in [-0.2, -0.15) is 0 Å². The van der Waals surface area contributed by atoms with Gasteiger partial charge in [-0.25, -0.2) is 0 Å². The molecule has 2 aromatic carbocycles. The first-order chi connectivity index (χ1) is 10.2. The molecule has 5 heteroatoms. The lowest BCUT2D eigenvalue weighted by atomic mass is 10.1. The van der Waals surface area contributed by atoms with Crippen molar-refractivity contribution in [1.29, 1.82) is 0 Å². The van der Waals surface area contributed by atoms with Gasteiger partial charge < -0.3 is 10.3 Å². The van der Waals surface area contributed by atoms with Crippen LogP contribution in [-0.2, 0) is 13.0 Å². The van der Waals surface area contributed by atoms with Gasteiger partial charge in [0.05, 0.1) is 0 Å². The third kappa shape index (κ3) is 2.33. The molecular weight excluding hydrogens is 268 g/mol. The van der Waals surface area contributed by atoms with E-state index >= 15 is 0 Å². The molecule has 0 radical (unpaired) electrons. The summed E-state index contributed by atoms with van der Waals surface area (Å²) >= 11 is 0. The zero-order valence-corrected chi connectivity index (χ0v) is 11.3. The van der Waals surface area contributed by atoms with E-state index in [4.69, 9.17) is 0 Å². The van der Waals surface area contributed by atoms with E-state index in [2.05, 4.69) is 0 Å². The van der Waals surface area contributed by atoms with E-state index in [9.17, 15) is 15.1 Å². The Morgan fingerprint density at radius 2 is 1.71 bits per heavy atom. The highest BCUT2D eigenvalue weighted by atomic mass is 16.5. The summed E-state index contributed by atoms with van der Waals surface area (Å²) in [5.41, 5.74) is 1.22. The highest BCUT2D eigenvalue weighted by molar-refractivity contribution is 5.71. The Labute approximate surface area is 120 Å². The van der Waals surface area contributed by atoms with Crippen LogP contribution in [0.5, 0.6) is 5.88 Å². The average molecular weight is 282 g/mol. The predicted octanol–water partition coefficient (Wildman–Crippen LogP) is 1.58.